The Morgan fingerprint density at radius 3 is 3.00 bits per heavy atom. The molecule has 1 atom stereocenters. The Balaban J connectivity index is 0.00000144. The quantitative estimate of drug-likeness (QED) is 0.881. The zero-order valence-corrected chi connectivity index (χ0v) is 11.5. The summed E-state index contributed by atoms with van der Waals surface area (Å²) in [5, 5.41) is 6.23. The van der Waals surface area contributed by atoms with Gasteiger partial charge in [0, 0.05) is 17.5 Å². The minimum atomic E-state index is -0.0244. The van der Waals surface area contributed by atoms with Crippen LogP contribution in [0.4, 0.5) is 0 Å². The molecule has 0 radical (unpaired) electrons. The number of carbonyl (C=O) groups excluding carboxylic acids is 1. The van der Waals surface area contributed by atoms with Gasteiger partial charge in [0.25, 0.3) is 5.91 Å². The number of aryl methyl sites for hydroxylation is 1. The van der Waals surface area contributed by atoms with E-state index in [0.29, 0.717) is 10.6 Å². The van der Waals surface area contributed by atoms with E-state index in [0.717, 1.165) is 24.4 Å². The van der Waals surface area contributed by atoms with Gasteiger partial charge in [-0.3, -0.25) is 4.79 Å². The fourth-order valence-electron chi connectivity index (χ4n) is 1.83. The first-order chi connectivity index (χ1) is 7.70. The monoisotopic (exact) mass is 276 g/mol. The maximum atomic E-state index is 12.0. The van der Waals surface area contributed by atoms with Crippen molar-refractivity contribution < 1.29 is 9.53 Å². The number of rotatable bonds is 3. The Morgan fingerprint density at radius 1 is 1.65 bits per heavy atom. The number of halogens is 1. The molecule has 1 aromatic rings. The second kappa shape index (κ2) is 6.23. The van der Waals surface area contributed by atoms with Gasteiger partial charge in [0.2, 0.25) is 0 Å². The van der Waals surface area contributed by atoms with E-state index in [9.17, 15) is 4.79 Å². The second-order valence-electron chi connectivity index (χ2n) is 3.92. The average Bonchev–Trinajstić information content (AvgIpc) is 2.86. The third kappa shape index (κ3) is 3.34. The fraction of sp³-hybridized carbons (Fsp3) is 0.545. The number of ether oxygens (including phenoxy) is 1. The molecule has 1 aliphatic rings. The van der Waals surface area contributed by atoms with Gasteiger partial charge in [-0.25, -0.2) is 0 Å². The normalized spacial score (nSPS) is 18.6. The van der Waals surface area contributed by atoms with Crippen molar-refractivity contribution in [2.24, 2.45) is 0 Å². The summed E-state index contributed by atoms with van der Waals surface area (Å²) in [4.78, 5) is 13.7. The van der Waals surface area contributed by atoms with Gasteiger partial charge >= 0.3 is 0 Å². The summed E-state index contributed by atoms with van der Waals surface area (Å²) in [5.41, 5.74) is 0. The second-order valence-corrected chi connectivity index (χ2v) is 5.17. The maximum Gasteiger partial charge on any atom is 0.265 e. The molecule has 4 nitrogen and oxygen atoms in total. The van der Waals surface area contributed by atoms with Crippen LogP contribution < -0.4 is 15.4 Å². The van der Waals surface area contributed by atoms with Crippen LogP contribution in [-0.2, 0) is 0 Å². The zero-order chi connectivity index (χ0) is 11.5. The molecule has 96 valence electrons. The minimum absolute atomic E-state index is 0. The highest BCUT2D eigenvalue weighted by atomic mass is 35.5. The largest absolute Gasteiger partial charge is 0.495 e. The summed E-state index contributed by atoms with van der Waals surface area (Å²) in [6, 6.07) is 2.14. The Morgan fingerprint density at radius 2 is 2.41 bits per heavy atom. The standard InChI is InChI=1S/C11H16N2O2S.ClH/c1-7-5-9(15-2)10(16-7)11(14)13-8-3-4-12-6-8;/h5,8,12H,3-4,6H2,1-2H3,(H,13,14);1H. The number of thiophene rings is 1. The molecule has 1 aromatic heterocycles. The SMILES string of the molecule is COc1cc(C)sc1C(=O)NC1CCNC1.Cl. The molecule has 0 bridgehead atoms. The third-order valence-corrected chi connectivity index (χ3v) is 3.67. The lowest BCUT2D eigenvalue weighted by atomic mass is 10.2. The van der Waals surface area contributed by atoms with Crippen molar-refractivity contribution in [3.05, 3.63) is 15.8 Å². The molecule has 1 fully saturated rings. The Kier molecular flexibility index (Phi) is 5.24. The lowest BCUT2D eigenvalue weighted by Crippen LogP contribution is -2.35. The van der Waals surface area contributed by atoms with Crippen molar-refractivity contribution in [3.8, 4) is 5.75 Å². The van der Waals surface area contributed by atoms with Crippen molar-refractivity contribution in [1.82, 2.24) is 10.6 Å². The van der Waals surface area contributed by atoms with E-state index >= 15 is 0 Å². The van der Waals surface area contributed by atoms with Crippen LogP contribution in [0.2, 0.25) is 0 Å². The van der Waals surface area contributed by atoms with E-state index in [1.54, 1.807) is 7.11 Å². The van der Waals surface area contributed by atoms with Gasteiger partial charge in [-0.05, 0) is 26.0 Å². The maximum absolute atomic E-state index is 12.0. The van der Waals surface area contributed by atoms with Crippen LogP contribution in [0.5, 0.6) is 5.75 Å². The molecule has 1 unspecified atom stereocenters. The van der Waals surface area contributed by atoms with Crippen LogP contribution in [0.15, 0.2) is 6.07 Å². The van der Waals surface area contributed by atoms with Gasteiger partial charge in [-0.1, -0.05) is 0 Å². The lowest BCUT2D eigenvalue weighted by molar-refractivity contribution is 0.0941. The van der Waals surface area contributed by atoms with Crippen LogP contribution in [-0.4, -0.2) is 32.1 Å². The summed E-state index contributed by atoms with van der Waals surface area (Å²) in [6.07, 6.45) is 0.998. The average molecular weight is 277 g/mol. The lowest BCUT2D eigenvalue weighted by Gasteiger charge is -2.10. The van der Waals surface area contributed by atoms with Gasteiger partial charge in [-0.2, -0.15) is 0 Å². The van der Waals surface area contributed by atoms with Gasteiger partial charge in [0.1, 0.15) is 10.6 Å². The first kappa shape index (κ1) is 14.3. The predicted octanol–water partition coefficient (Wildman–Crippen LogP) is 1.58. The smallest absolute Gasteiger partial charge is 0.265 e. The van der Waals surface area contributed by atoms with Crippen molar-refractivity contribution in [3.63, 3.8) is 0 Å². The minimum Gasteiger partial charge on any atom is -0.495 e. The summed E-state index contributed by atoms with van der Waals surface area (Å²) in [5.74, 6) is 0.648. The number of carbonyl (C=O) groups is 1. The number of amides is 1. The van der Waals surface area contributed by atoms with Crippen LogP contribution in [0.3, 0.4) is 0 Å². The number of methoxy groups -OCH3 is 1. The van der Waals surface area contributed by atoms with Crippen LogP contribution >= 0.6 is 23.7 Å². The highest BCUT2D eigenvalue weighted by Crippen LogP contribution is 2.28. The first-order valence-corrected chi connectivity index (χ1v) is 6.18. The zero-order valence-electron chi connectivity index (χ0n) is 9.91. The summed E-state index contributed by atoms with van der Waals surface area (Å²) in [7, 11) is 1.59. The molecule has 17 heavy (non-hydrogen) atoms. The third-order valence-electron chi connectivity index (χ3n) is 2.64. The van der Waals surface area contributed by atoms with E-state index in [-0.39, 0.29) is 24.4 Å². The highest BCUT2D eigenvalue weighted by Gasteiger charge is 2.21. The summed E-state index contributed by atoms with van der Waals surface area (Å²) < 4.78 is 5.19. The van der Waals surface area contributed by atoms with Crippen LogP contribution in [0.1, 0.15) is 21.0 Å². The van der Waals surface area contributed by atoms with E-state index in [2.05, 4.69) is 10.6 Å². The first-order valence-electron chi connectivity index (χ1n) is 5.36. The van der Waals surface area contributed by atoms with E-state index in [1.807, 2.05) is 13.0 Å². The molecule has 2 heterocycles. The number of hydrogen-bond acceptors (Lipinski definition) is 4. The number of nitrogens with one attached hydrogen (secondary N) is 2. The fourth-order valence-corrected chi connectivity index (χ4v) is 2.71. The predicted molar refractivity (Wildman–Crippen MR) is 71.6 cm³/mol. The van der Waals surface area contributed by atoms with Gasteiger partial charge in [-0.15, -0.1) is 23.7 Å². The van der Waals surface area contributed by atoms with Crippen molar-refractivity contribution in [2.75, 3.05) is 20.2 Å². The topological polar surface area (TPSA) is 50.4 Å². The van der Waals surface area contributed by atoms with E-state index in [4.69, 9.17) is 4.74 Å². The molecule has 0 aliphatic carbocycles. The highest BCUT2D eigenvalue weighted by molar-refractivity contribution is 7.14. The molecule has 2 N–H and O–H groups in total. The Bertz CT molecular complexity index is 389. The summed E-state index contributed by atoms with van der Waals surface area (Å²) in [6.45, 7) is 3.81. The van der Waals surface area contributed by atoms with Crippen LogP contribution in [0, 0.1) is 6.92 Å². The Labute approximate surface area is 111 Å². The molecule has 6 heteroatoms. The van der Waals surface area contributed by atoms with Gasteiger partial charge in [0.15, 0.2) is 0 Å². The molecule has 0 spiro atoms. The summed E-state index contributed by atoms with van der Waals surface area (Å²) >= 11 is 1.47. The molecule has 1 amide bonds. The van der Waals surface area contributed by atoms with Gasteiger partial charge in [0.05, 0.1) is 7.11 Å². The van der Waals surface area contributed by atoms with Crippen molar-refractivity contribution in [2.45, 2.75) is 19.4 Å². The number of hydrogen-bond donors (Lipinski definition) is 2. The van der Waals surface area contributed by atoms with E-state index < -0.39 is 0 Å². The van der Waals surface area contributed by atoms with Crippen molar-refractivity contribution >= 4 is 29.7 Å². The van der Waals surface area contributed by atoms with Crippen LogP contribution in [0.25, 0.3) is 0 Å². The Hall–Kier alpha value is -0.780. The van der Waals surface area contributed by atoms with Crippen molar-refractivity contribution in [1.29, 1.82) is 0 Å². The molecular weight excluding hydrogens is 260 g/mol. The van der Waals surface area contributed by atoms with Gasteiger partial charge < -0.3 is 15.4 Å². The molecule has 2 rings (SSSR count). The molecule has 0 saturated carbocycles. The van der Waals surface area contributed by atoms with E-state index in [1.165, 1.54) is 11.3 Å². The molecular formula is C11H17ClN2O2S. The molecule has 1 aliphatic heterocycles. The molecule has 0 aromatic carbocycles. The molecule has 1 saturated heterocycles.